The molecule has 0 radical (unpaired) electrons. The van der Waals surface area contributed by atoms with Crippen LogP contribution >= 0.6 is 0 Å². The maximum Gasteiger partial charge on any atom is 0.240 e. The number of anilines is 1. The van der Waals surface area contributed by atoms with Gasteiger partial charge in [-0.3, -0.25) is 9.59 Å². The minimum Gasteiger partial charge on any atom is -0.495 e. The minimum absolute atomic E-state index is 0.0244. The zero-order chi connectivity index (χ0) is 17.1. The lowest BCUT2D eigenvalue weighted by Gasteiger charge is -2.19. The number of aromatic nitrogens is 2. The monoisotopic (exact) mass is 328 g/mol. The van der Waals surface area contributed by atoms with Gasteiger partial charge >= 0.3 is 0 Å². The van der Waals surface area contributed by atoms with Crippen molar-refractivity contribution in [1.82, 2.24) is 14.9 Å². The molecule has 1 saturated heterocycles. The molecular formula is C17H20N4O3. The lowest BCUT2D eigenvalue weighted by atomic mass is 10.2. The molecule has 1 aliphatic rings. The molecule has 24 heavy (non-hydrogen) atoms. The molecule has 0 saturated carbocycles. The lowest BCUT2D eigenvalue weighted by Crippen LogP contribution is -2.39. The lowest BCUT2D eigenvalue weighted by molar-refractivity contribution is -0.122. The van der Waals surface area contributed by atoms with Gasteiger partial charge in [0.15, 0.2) is 0 Å². The SMILES string of the molecule is COc1ccccc1N1C[C@@H](NC(=O)Cn2ccnc2C)CC1=O. The Morgan fingerprint density at radius 2 is 2.21 bits per heavy atom. The number of carbonyl (C=O) groups excluding carboxylic acids is 2. The maximum absolute atomic E-state index is 12.3. The predicted octanol–water partition coefficient (Wildman–Crippen LogP) is 1.12. The van der Waals surface area contributed by atoms with Gasteiger partial charge < -0.3 is 19.5 Å². The molecule has 126 valence electrons. The summed E-state index contributed by atoms with van der Waals surface area (Å²) in [5.74, 6) is 1.27. The van der Waals surface area contributed by atoms with E-state index in [-0.39, 0.29) is 30.8 Å². The van der Waals surface area contributed by atoms with Crippen molar-refractivity contribution < 1.29 is 14.3 Å². The van der Waals surface area contributed by atoms with Crippen LogP contribution in [0.1, 0.15) is 12.2 Å². The highest BCUT2D eigenvalue weighted by molar-refractivity contribution is 5.98. The Bertz CT molecular complexity index is 756. The molecule has 0 aliphatic carbocycles. The molecule has 7 heteroatoms. The minimum atomic E-state index is -0.210. The molecule has 2 amide bonds. The van der Waals surface area contributed by atoms with Gasteiger partial charge in [-0.05, 0) is 19.1 Å². The number of nitrogens with zero attached hydrogens (tertiary/aromatic N) is 3. The van der Waals surface area contributed by atoms with E-state index in [0.29, 0.717) is 12.3 Å². The van der Waals surface area contributed by atoms with Crippen molar-refractivity contribution in [2.45, 2.75) is 25.9 Å². The van der Waals surface area contributed by atoms with Crippen LogP contribution in [-0.2, 0) is 16.1 Å². The van der Waals surface area contributed by atoms with Crippen molar-refractivity contribution in [3.8, 4) is 5.75 Å². The number of methoxy groups -OCH3 is 1. The van der Waals surface area contributed by atoms with Crippen molar-refractivity contribution in [2.75, 3.05) is 18.6 Å². The number of hydrogen-bond donors (Lipinski definition) is 1. The molecule has 1 fully saturated rings. The fourth-order valence-electron chi connectivity index (χ4n) is 2.89. The van der Waals surface area contributed by atoms with Crippen LogP contribution in [0.5, 0.6) is 5.75 Å². The largest absolute Gasteiger partial charge is 0.495 e. The average molecular weight is 328 g/mol. The third kappa shape index (κ3) is 3.24. The van der Waals surface area contributed by atoms with Crippen LogP contribution in [0, 0.1) is 6.92 Å². The van der Waals surface area contributed by atoms with Gasteiger partial charge in [-0.25, -0.2) is 4.98 Å². The molecule has 1 atom stereocenters. The summed E-state index contributed by atoms with van der Waals surface area (Å²) in [5.41, 5.74) is 0.729. The molecule has 0 spiro atoms. The van der Waals surface area contributed by atoms with E-state index in [2.05, 4.69) is 10.3 Å². The van der Waals surface area contributed by atoms with E-state index in [4.69, 9.17) is 4.74 Å². The molecule has 1 N–H and O–H groups in total. The van der Waals surface area contributed by atoms with Gasteiger partial charge in [0.1, 0.15) is 18.1 Å². The fourth-order valence-corrected chi connectivity index (χ4v) is 2.89. The van der Waals surface area contributed by atoms with Crippen LogP contribution in [0.4, 0.5) is 5.69 Å². The number of carbonyl (C=O) groups is 2. The first-order chi connectivity index (χ1) is 11.6. The Hall–Kier alpha value is -2.83. The summed E-state index contributed by atoms with van der Waals surface area (Å²) < 4.78 is 7.08. The second-order valence-corrected chi connectivity index (χ2v) is 5.75. The molecular weight excluding hydrogens is 308 g/mol. The Kier molecular flexibility index (Phi) is 4.50. The highest BCUT2D eigenvalue weighted by atomic mass is 16.5. The van der Waals surface area contributed by atoms with Gasteiger partial charge in [0.2, 0.25) is 11.8 Å². The van der Waals surface area contributed by atoms with Crippen molar-refractivity contribution >= 4 is 17.5 Å². The number of rotatable bonds is 5. The van der Waals surface area contributed by atoms with Crippen molar-refractivity contribution in [1.29, 1.82) is 0 Å². The standard InChI is InChI=1S/C17H20N4O3/c1-12-18-7-8-20(12)11-16(22)19-13-9-17(23)21(10-13)14-5-3-4-6-15(14)24-2/h3-8,13H,9-11H2,1-2H3,(H,19,22)/t13-/m0/s1. The Labute approximate surface area is 140 Å². The number of para-hydroxylation sites is 2. The summed E-state index contributed by atoms with van der Waals surface area (Å²) in [5, 5.41) is 2.92. The summed E-state index contributed by atoms with van der Waals surface area (Å²) in [6.45, 7) is 2.48. The van der Waals surface area contributed by atoms with Crippen LogP contribution < -0.4 is 15.0 Å². The first-order valence-electron chi connectivity index (χ1n) is 7.79. The summed E-state index contributed by atoms with van der Waals surface area (Å²) in [4.78, 5) is 30.2. The van der Waals surface area contributed by atoms with Gasteiger partial charge in [-0.1, -0.05) is 12.1 Å². The van der Waals surface area contributed by atoms with E-state index in [1.54, 1.807) is 29.0 Å². The van der Waals surface area contributed by atoms with E-state index in [9.17, 15) is 9.59 Å². The van der Waals surface area contributed by atoms with Crippen LogP contribution in [0.15, 0.2) is 36.7 Å². The molecule has 0 bridgehead atoms. The number of nitrogens with one attached hydrogen (secondary N) is 1. The quantitative estimate of drug-likeness (QED) is 0.892. The Morgan fingerprint density at radius 3 is 2.92 bits per heavy atom. The second-order valence-electron chi connectivity index (χ2n) is 5.75. The van der Waals surface area contributed by atoms with Gasteiger partial charge in [-0.2, -0.15) is 0 Å². The summed E-state index contributed by atoms with van der Waals surface area (Å²) >= 11 is 0. The average Bonchev–Trinajstić information content (AvgIpc) is 3.13. The van der Waals surface area contributed by atoms with E-state index < -0.39 is 0 Å². The highest BCUT2D eigenvalue weighted by Crippen LogP contribution is 2.30. The van der Waals surface area contributed by atoms with E-state index in [1.807, 2.05) is 31.2 Å². The fraction of sp³-hybridized carbons (Fsp3) is 0.353. The predicted molar refractivity (Wildman–Crippen MR) is 88.9 cm³/mol. The Balaban J connectivity index is 1.64. The van der Waals surface area contributed by atoms with Gasteiger partial charge in [0, 0.05) is 25.4 Å². The first-order valence-corrected chi connectivity index (χ1v) is 7.79. The third-order valence-corrected chi connectivity index (χ3v) is 4.10. The summed E-state index contributed by atoms with van der Waals surface area (Å²) in [6.07, 6.45) is 3.70. The Morgan fingerprint density at radius 1 is 1.42 bits per heavy atom. The molecule has 1 aliphatic heterocycles. The van der Waals surface area contributed by atoms with Crippen molar-refractivity contribution in [3.63, 3.8) is 0 Å². The van der Waals surface area contributed by atoms with Crippen LogP contribution in [-0.4, -0.2) is 41.1 Å². The molecule has 1 aromatic heterocycles. The molecule has 1 aromatic carbocycles. The van der Waals surface area contributed by atoms with Crippen LogP contribution in [0.2, 0.25) is 0 Å². The van der Waals surface area contributed by atoms with E-state index >= 15 is 0 Å². The van der Waals surface area contributed by atoms with Crippen LogP contribution in [0.3, 0.4) is 0 Å². The number of amides is 2. The highest BCUT2D eigenvalue weighted by Gasteiger charge is 2.32. The number of hydrogen-bond acceptors (Lipinski definition) is 4. The van der Waals surface area contributed by atoms with Gasteiger partial charge in [0.05, 0.1) is 18.8 Å². The molecule has 2 heterocycles. The maximum atomic E-state index is 12.3. The zero-order valence-corrected chi connectivity index (χ0v) is 13.7. The number of ether oxygens (including phenoxy) is 1. The number of benzene rings is 1. The van der Waals surface area contributed by atoms with Crippen molar-refractivity contribution in [3.05, 3.63) is 42.5 Å². The molecule has 0 unspecified atom stereocenters. The van der Waals surface area contributed by atoms with E-state index in [1.165, 1.54) is 0 Å². The second kappa shape index (κ2) is 6.74. The van der Waals surface area contributed by atoms with Crippen LogP contribution in [0.25, 0.3) is 0 Å². The van der Waals surface area contributed by atoms with Gasteiger partial charge in [-0.15, -0.1) is 0 Å². The molecule has 3 rings (SSSR count). The van der Waals surface area contributed by atoms with Gasteiger partial charge in [0.25, 0.3) is 0 Å². The first kappa shape index (κ1) is 16.0. The van der Waals surface area contributed by atoms with E-state index in [0.717, 1.165) is 11.5 Å². The molecule has 2 aromatic rings. The zero-order valence-electron chi connectivity index (χ0n) is 13.7. The topological polar surface area (TPSA) is 76.5 Å². The normalized spacial score (nSPS) is 17.2. The number of aryl methyl sites for hydroxylation is 1. The third-order valence-electron chi connectivity index (χ3n) is 4.10. The molecule has 7 nitrogen and oxygen atoms in total. The van der Waals surface area contributed by atoms with Crippen molar-refractivity contribution in [2.24, 2.45) is 0 Å². The number of imidazole rings is 1. The summed E-state index contributed by atoms with van der Waals surface area (Å²) in [7, 11) is 1.58. The smallest absolute Gasteiger partial charge is 0.240 e. The summed E-state index contributed by atoms with van der Waals surface area (Å²) in [6, 6.07) is 7.17.